The van der Waals surface area contributed by atoms with Crippen LogP contribution in [0.5, 0.6) is 0 Å². The third kappa shape index (κ3) is 5.37. The molecule has 0 unspecified atom stereocenters. The van der Waals surface area contributed by atoms with Crippen molar-refractivity contribution in [3.63, 3.8) is 0 Å². The van der Waals surface area contributed by atoms with Crippen molar-refractivity contribution in [2.75, 3.05) is 6.54 Å². The van der Waals surface area contributed by atoms with Crippen molar-refractivity contribution in [3.05, 3.63) is 69.7 Å². The Morgan fingerprint density at radius 2 is 1.61 bits per heavy atom. The molecule has 1 N–H and O–H groups in total. The van der Waals surface area contributed by atoms with Crippen LogP contribution in [0.25, 0.3) is 0 Å². The first kappa shape index (κ1) is 18.0. The van der Waals surface area contributed by atoms with Crippen LogP contribution in [0, 0.1) is 0 Å². The van der Waals surface area contributed by atoms with Gasteiger partial charge in [0.05, 0.1) is 0 Å². The van der Waals surface area contributed by atoms with Crippen molar-refractivity contribution in [3.8, 4) is 0 Å². The number of hydrogen-bond acceptors (Lipinski definition) is 1. The Hall–Kier alpha value is -1.31. The van der Waals surface area contributed by atoms with Gasteiger partial charge in [-0.15, -0.1) is 0 Å². The minimum absolute atomic E-state index is 0.220. The Kier molecular flexibility index (Phi) is 6.26. The molecule has 2 aromatic rings. The van der Waals surface area contributed by atoms with Gasteiger partial charge in [0.15, 0.2) is 0 Å². The lowest BCUT2D eigenvalue weighted by Crippen LogP contribution is -2.17. The predicted molar refractivity (Wildman–Crippen MR) is 101 cm³/mol. The van der Waals surface area contributed by atoms with Crippen LogP contribution in [0.15, 0.2) is 42.5 Å². The molecule has 0 radical (unpaired) electrons. The number of aryl methyl sites for hydroxylation is 1. The Labute approximate surface area is 146 Å². The van der Waals surface area contributed by atoms with E-state index in [9.17, 15) is 0 Å². The van der Waals surface area contributed by atoms with Crippen LogP contribution in [-0.2, 0) is 24.8 Å². The molecule has 0 spiro atoms. The number of nitrogens with one attached hydrogen (secondary N) is 1. The Bertz CT molecular complexity index is 623. The number of hydrogen-bond donors (Lipinski definition) is 1. The van der Waals surface area contributed by atoms with Crippen molar-refractivity contribution in [1.29, 1.82) is 0 Å². The SMILES string of the molecule is CCc1cc(CCNCc2ccc(C(C)(C)C)cc2)ccc1Cl. The third-order valence-corrected chi connectivity index (χ3v) is 4.60. The molecule has 2 rings (SSSR count). The lowest BCUT2D eigenvalue weighted by Gasteiger charge is -2.19. The Balaban J connectivity index is 1.81. The fraction of sp³-hybridized carbons (Fsp3) is 0.429. The van der Waals surface area contributed by atoms with Gasteiger partial charge in [-0.3, -0.25) is 0 Å². The van der Waals surface area contributed by atoms with Gasteiger partial charge in [-0.2, -0.15) is 0 Å². The summed E-state index contributed by atoms with van der Waals surface area (Å²) in [6, 6.07) is 15.3. The van der Waals surface area contributed by atoms with Crippen LogP contribution in [0.1, 0.15) is 49.9 Å². The first-order valence-corrected chi connectivity index (χ1v) is 8.85. The molecule has 1 nitrogen and oxygen atoms in total. The highest BCUT2D eigenvalue weighted by Gasteiger charge is 2.12. The van der Waals surface area contributed by atoms with Crippen molar-refractivity contribution in [2.24, 2.45) is 0 Å². The van der Waals surface area contributed by atoms with E-state index < -0.39 is 0 Å². The van der Waals surface area contributed by atoms with Gasteiger partial charge < -0.3 is 5.32 Å². The zero-order valence-corrected chi connectivity index (χ0v) is 15.5. The summed E-state index contributed by atoms with van der Waals surface area (Å²) in [5.74, 6) is 0. The van der Waals surface area contributed by atoms with E-state index in [0.29, 0.717) is 0 Å². The minimum Gasteiger partial charge on any atom is -0.312 e. The molecule has 0 aliphatic rings. The molecule has 0 aromatic heterocycles. The van der Waals surface area contributed by atoms with E-state index in [1.54, 1.807) is 0 Å². The van der Waals surface area contributed by atoms with E-state index in [1.807, 2.05) is 6.07 Å². The van der Waals surface area contributed by atoms with Crippen molar-refractivity contribution >= 4 is 11.6 Å². The molecule has 0 aliphatic heterocycles. The fourth-order valence-corrected chi connectivity index (χ4v) is 2.89. The van der Waals surface area contributed by atoms with Crippen molar-refractivity contribution in [2.45, 2.75) is 52.5 Å². The summed E-state index contributed by atoms with van der Waals surface area (Å²) in [5.41, 5.74) is 5.53. The molecular weight excluding hydrogens is 302 g/mol. The fourth-order valence-electron chi connectivity index (χ4n) is 2.64. The Morgan fingerprint density at radius 1 is 0.957 bits per heavy atom. The van der Waals surface area contributed by atoms with Crippen molar-refractivity contribution in [1.82, 2.24) is 5.32 Å². The molecule has 0 saturated heterocycles. The van der Waals surface area contributed by atoms with E-state index in [2.05, 4.69) is 69.4 Å². The van der Waals surface area contributed by atoms with Crippen LogP contribution in [0.4, 0.5) is 0 Å². The zero-order chi connectivity index (χ0) is 16.9. The standard InChI is InChI=1S/C21H28ClN/c1-5-18-14-16(8-11-20(18)22)12-13-23-15-17-6-9-19(10-7-17)21(2,3)4/h6-11,14,23H,5,12-13,15H2,1-4H3. The predicted octanol–water partition coefficient (Wildman–Crippen LogP) is 5.53. The second-order valence-electron chi connectivity index (χ2n) is 7.15. The first-order valence-electron chi connectivity index (χ1n) is 8.47. The second kappa shape index (κ2) is 7.99. The minimum atomic E-state index is 0.220. The first-order chi connectivity index (χ1) is 10.9. The topological polar surface area (TPSA) is 12.0 Å². The summed E-state index contributed by atoms with van der Waals surface area (Å²) in [4.78, 5) is 0. The van der Waals surface area contributed by atoms with Gasteiger partial charge in [0.2, 0.25) is 0 Å². The van der Waals surface area contributed by atoms with Gasteiger partial charge in [0.1, 0.15) is 0 Å². The van der Waals surface area contributed by atoms with Crippen LogP contribution >= 0.6 is 11.6 Å². The summed E-state index contributed by atoms with van der Waals surface area (Å²) in [6.07, 6.45) is 2.02. The molecule has 0 fully saturated rings. The number of benzene rings is 2. The molecule has 0 amide bonds. The van der Waals surface area contributed by atoms with E-state index in [4.69, 9.17) is 11.6 Å². The smallest absolute Gasteiger partial charge is 0.0438 e. The third-order valence-electron chi connectivity index (χ3n) is 4.23. The van der Waals surface area contributed by atoms with E-state index in [1.165, 1.54) is 22.3 Å². The normalized spacial score (nSPS) is 11.7. The Morgan fingerprint density at radius 3 is 2.22 bits per heavy atom. The maximum absolute atomic E-state index is 6.17. The van der Waals surface area contributed by atoms with E-state index in [0.717, 1.165) is 31.0 Å². The van der Waals surface area contributed by atoms with Gasteiger partial charge in [-0.1, -0.05) is 75.7 Å². The second-order valence-corrected chi connectivity index (χ2v) is 7.56. The molecule has 23 heavy (non-hydrogen) atoms. The summed E-state index contributed by atoms with van der Waals surface area (Å²) in [5, 5.41) is 4.41. The highest BCUT2D eigenvalue weighted by atomic mass is 35.5. The lowest BCUT2D eigenvalue weighted by atomic mass is 9.87. The number of halogens is 1. The number of rotatable bonds is 6. The lowest BCUT2D eigenvalue weighted by molar-refractivity contribution is 0.589. The molecular formula is C21H28ClN. The summed E-state index contributed by atoms with van der Waals surface area (Å²) >= 11 is 6.17. The molecule has 124 valence electrons. The average Bonchev–Trinajstić information content (AvgIpc) is 2.52. The molecule has 0 bridgehead atoms. The van der Waals surface area contributed by atoms with Gasteiger partial charge in [-0.05, 0) is 53.1 Å². The van der Waals surface area contributed by atoms with Gasteiger partial charge >= 0.3 is 0 Å². The van der Waals surface area contributed by atoms with E-state index >= 15 is 0 Å². The highest BCUT2D eigenvalue weighted by Crippen LogP contribution is 2.22. The average molecular weight is 330 g/mol. The molecule has 2 aromatic carbocycles. The van der Waals surface area contributed by atoms with Gasteiger partial charge in [0, 0.05) is 11.6 Å². The molecule has 2 heteroatoms. The molecule has 0 aliphatic carbocycles. The monoisotopic (exact) mass is 329 g/mol. The van der Waals surface area contributed by atoms with Crippen LogP contribution in [-0.4, -0.2) is 6.54 Å². The molecule has 0 atom stereocenters. The summed E-state index contributed by atoms with van der Waals surface area (Å²) in [6.45, 7) is 10.8. The van der Waals surface area contributed by atoms with Gasteiger partial charge in [-0.25, -0.2) is 0 Å². The van der Waals surface area contributed by atoms with Crippen LogP contribution < -0.4 is 5.32 Å². The molecule has 0 heterocycles. The van der Waals surface area contributed by atoms with E-state index in [-0.39, 0.29) is 5.41 Å². The van der Waals surface area contributed by atoms with Crippen LogP contribution in [0.3, 0.4) is 0 Å². The largest absolute Gasteiger partial charge is 0.312 e. The van der Waals surface area contributed by atoms with Crippen molar-refractivity contribution < 1.29 is 0 Å². The highest BCUT2D eigenvalue weighted by molar-refractivity contribution is 6.31. The maximum Gasteiger partial charge on any atom is 0.0438 e. The summed E-state index contributed by atoms with van der Waals surface area (Å²) < 4.78 is 0. The zero-order valence-electron chi connectivity index (χ0n) is 14.7. The molecule has 0 saturated carbocycles. The van der Waals surface area contributed by atoms with Crippen LogP contribution in [0.2, 0.25) is 5.02 Å². The summed E-state index contributed by atoms with van der Waals surface area (Å²) in [7, 11) is 0. The van der Waals surface area contributed by atoms with Gasteiger partial charge in [0.25, 0.3) is 0 Å². The quantitative estimate of drug-likeness (QED) is 0.687. The maximum atomic E-state index is 6.17.